The van der Waals surface area contributed by atoms with E-state index in [1.807, 2.05) is 29.6 Å². The highest BCUT2D eigenvalue weighted by molar-refractivity contribution is 7.17. The number of carbonyl (C=O) groups is 2. The number of rotatable bonds is 4. The minimum Gasteiger partial charge on any atom is -0.479 e. The number of aliphatic carboxylic acids is 1. The number of amides is 1. The fraction of sp³-hybridized carbons (Fsp3) is 0.286. The molecule has 0 aliphatic carbocycles. The second-order valence-electron chi connectivity index (χ2n) is 4.23. The van der Waals surface area contributed by atoms with Gasteiger partial charge in [0.15, 0.2) is 6.04 Å². The minimum absolute atomic E-state index is 0.231. The molecule has 0 aliphatic rings. The molecule has 1 atom stereocenters. The van der Waals surface area contributed by atoms with Crippen molar-refractivity contribution in [3.05, 3.63) is 35.2 Å². The summed E-state index contributed by atoms with van der Waals surface area (Å²) in [4.78, 5) is 24.5. The third-order valence-electron chi connectivity index (χ3n) is 3.10. The highest BCUT2D eigenvalue weighted by Crippen LogP contribution is 2.33. The molecule has 1 aromatic carbocycles. The van der Waals surface area contributed by atoms with Crippen LogP contribution in [0.1, 0.15) is 25.5 Å². The van der Waals surface area contributed by atoms with E-state index in [9.17, 15) is 14.7 Å². The van der Waals surface area contributed by atoms with Crippen LogP contribution in [0.15, 0.2) is 29.6 Å². The summed E-state index contributed by atoms with van der Waals surface area (Å²) in [6.45, 7) is 3.55. The molecule has 0 aliphatic heterocycles. The van der Waals surface area contributed by atoms with Crippen molar-refractivity contribution in [1.29, 1.82) is 0 Å². The summed E-state index contributed by atoms with van der Waals surface area (Å²) >= 11 is 1.50. The van der Waals surface area contributed by atoms with Gasteiger partial charge in [0.25, 0.3) is 0 Å². The number of likely N-dealkylation sites (N-methyl/N-ethyl adjacent to an activating group) is 1. The molecule has 1 heterocycles. The van der Waals surface area contributed by atoms with Gasteiger partial charge in [0, 0.05) is 23.7 Å². The van der Waals surface area contributed by atoms with Gasteiger partial charge in [0.1, 0.15) is 0 Å². The number of thiophene rings is 1. The summed E-state index contributed by atoms with van der Waals surface area (Å²) in [7, 11) is 0. The highest BCUT2D eigenvalue weighted by atomic mass is 32.1. The van der Waals surface area contributed by atoms with E-state index in [1.165, 1.54) is 23.2 Å². The zero-order valence-corrected chi connectivity index (χ0v) is 11.6. The number of carboxylic acids is 1. The van der Waals surface area contributed by atoms with Crippen molar-refractivity contribution in [2.24, 2.45) is 0 Å². The Labute approximate surface area is 115 Å². The molecule has 1 N–H and O–H groups in total. The van der Waals surface area contributed by atoms with Gasteiger partial charge in [-0.25, -0.2) is 4.79 Å². The number of benzene rings is 1. The molecular formula is C14H15NO3S. The van der Waals surface area contributed by atoms with Crippen molar-refractivity contribution >= 4 is 33.3 Å². The van der Waals surface area contributed by atoms with Gasteiger partial charge in [0.2, 0.25) is 5.91 Å². The summed E-state index contributed by atoms with van der Waals surface area (Å²) in [6, 6.07) is 6.72. The SMILES string of the molecule is CCN(C(C)=O)C(C(=O)O)c1csc2ccccc12. The first kappa shape index (κ1) is 13.5. The second kappa shape index (κ2) is 5.40. The summed E-state index contributed by atoms with van der Waals surface area (Å²) in [6.07, 6.45) is 0. The lowest BCUT2D eigenvalue weighted by molar-refractivity contribution is -0.149. The molecule has 4 nitrogen and oxygen atoms in total. The zero-order chi connectivity index (χ0) is 14.0. The molecule has 0 bridgehead atoms. The van der Waals surface area contributed by atoms with Crippen LogP contribution in [0, 0.1) is 0 Å². The first-order valence-electron chi connectivity index (χ1n) is 6.02. The number of nitrogens with zero attached hydrogens (tertiary/aromatic N) is 1. The smallest absolute Gasteiger partial charge is 0.331 e. The number of fused-ring (bicyclic) bond motifs is 1. The Bertz CT molecular complexity index is 620. The average Bonchev–Trinajstić information content (AvgIpc) is 2.78. The topological polar surface area (TPSA) is 57.6 Å². The molecule has 5 heteroatoms. The predicted octanol–water partition coefficient (Wildman–Crippen LogP) is 2.90. The minimum atomic E-state index is -0.999. The number of carboxylic acid groups (broad SMARTS) is 1. The van der Waals surface area contributed by atoms with Gasteiger partial charge in [-0.1, -0.05) is 18.2 Å². The molecule has 0 saturated carbocycles. The average molecular weight is 277 g/mol. The molecule has 0 saturated heterocycles. The second-order valence-corrected chi connectivity index (χ2v) is 5.14. The molecule has 1 amide bonds. The number of hydrogen-bond acceptors (Lipinski definition) is 3. The maximum Gasteiger partial charge on any atom is 0.331 e. The van der Waals surface area contributed by atoms with Gasteiger partial charge < -0.3 is 10.0 Å². The van der Waals surface area contributed by atoms with Crippen molar-refractivity contribution in [1.82, 2.24) is 4.90 Å². The quantitative estimate of drug-likeness (QED) is 0.934. The number of hydrogen-bond donors (Lipinski definition) is 1. The third kappa shape index (κ3) is 2.46. The molecular weight excluding hydrogens is 262 g/mol. The van der Waals surface area contributed by atoms with Crippen molar-refractivity contribution in [2.75, 3.05) is 6.54 Å². The van der Waals surface area contributed by atoms with E-state index < -0.39 is 12.0 Å². The van der Waals surface area contributed by atoms with Crippen molar-refractivity contribution in [3.8, 4) is 0 Å². The van der Waals surface area contributed by atoms with E-state index in [4.69, 9.17) is 0 Å². The molecule has 2 aromatic rings. The lowest BCUT2D eigenvalue weighted by atomic mass is 10.0. The van der Waals surface area contributed by atoms with Crippen LogP contribution in [0.2, 0.25) is 0 Å². The van der Waals surface area contributed by atoms with Crippen molar-refractivity contribution in [3.63, 3.8) is 0 Å². The van der Waals surface area contributed by atoms with Crippen LogP contribution in [0.3, 0.4) is 0 Å². The predicted molar refractivity (Wildman–Crippen MR) is 75.3 cm³/mol. The van der Waals surface area contributed by atoms with Crippen LogP contribution < -0.4 is 0 Å². The third-order valence-corrected chi connectivity index (χ3v) is 4.08. The Morgan fingerprint density at radius 3 is 2.63 bits per heavy atom. The lowest BCUT2D eigenvalue weighted by Crippen LogP contribution is -2.37. The Morgan fingerprint density at radius 1 is 1.37 bits per heavy atom. The Balaban J connectivity index is 2.56. The van der Waals surface area contributed by atoms with Crippen LogP contribution in [0.25, 0.3) is 10.1 Å². The van der Waals surface area contributed by atoms with Crippen LogP contribution in [-0.4, -0.2) is 28.4 Å². The van der Waals surface area contributed by atoms with Crippen LogP contribution >= 0.6 is 11.3 Å². The van der Waals surface area contributed by atoms with E-state index in [2.05, 4.69) is 0 Å². The van der Waals surface area contributed by atoms with E-state index in [0.29, 0.717) is 12.1 Å². The largest absolute Gasteiger partial charge is 0.479 e. The Morgan fingerprint density at radius 2 is 2.05 bits per heavy atom. The molecule has 1 unspecified atom stereocenters. The van der Waals surface area contributed by atoms with Crippen LogP contribution in [0.4, 0.5) is 0 Å². The summed E-state index contributed by atoms with van der Waals surface area (Å²) < 4.78 is 1.03. The highest BCUT2D eigenvalue weighted by Gasteiger charge is 2.30. The van der Waals surface area contributed by atoms with E-state index in [0.717, 1.165) is 10.1 Å². The number of carbonyl (C=O) groups excluding carboxylic acids is 1. The molecule has 2 rings (SSSR count). The van der Waals surface area contributed by atoms with Crippen molar-refractivity contribution in [2.45, 2.75) is 19.9 Å². The Hall–Kier alpha value is -1.88. The van der Waals surface area contributed by atoms with Crippen LogP contribution in [0.5, 0.6) is 0 Å². The molecule has 1 aromatic heterocycles. The fourth-order valence-electron chi connectivity index (χ4n) is 2.23. The van der Waals surface area contributed by atoms with E-state index >= 15 is 0 Å². The standard InChI is InChI=1S/C14H15NO3S/c1-3-15(9(2)16)13(14(17)18)11-8-19-12-7-5-4-6-10(11)12/h4-8,13H,3H2,1-2H3,(H,17,18). The Kier molecular flexibility index (Phi) is 3.85. The first-order valence-corrected chi connectivity index (χ1v) is 6.90. The molecule has 19 heavy (non-hydrogen) atoms. The van der Waals surface area contributed by atoms with E-state index in [1.54, 1.807) is 6.92 Å². The van der Waals surface area contributed by atoms with Gasteiger partial charge in [-0.3, -0.25) is 4.79 Å². The lowest BCUT2D eigenvalue weighted by Gasteiger charge is -2.26. The zero-order valence-electron chi connectivity index (χ0n) is 10.8. The van der Waals surface area contributed by atoms with Gasteiger partial charge >= 0.3 is 5.97 Å². The summed E-state index contributed by atoms with van der Waals surface area (Å²) in [5.74, 6) is -1.23. The fourth-order valence-corrected chi connectivity index (χ4v) is 3.21. The first-order chi connectivity index (χ1) is 9.06. The van der Waals surface area contributed by atoms with Gasteiger partial charge in [0.05, 0.1) is 0 Å². The van der Waals surface area contributed by atoms with Gasteiger partial charge in [-0.15, -0.1) is 11.3 Å². The molecule has 0 radical (unpaired) electrons. The molecule has 100 valence electrons. The molecule has 0 fully saturated rings. The van der Waals surface area contributed by atoms with Gasteiger partial charge in [-0.05, 0) is 23.8 Å². The van der Waals surface area contributed by atoms with E-state index in [-0.39, 0.29) is 5.91 Å². The monoisotopic (exact) mass is 277 g/mol. The summed E-state index contributed by atoms with van der Waals surface area (Å²) in [5, 5.41) is 12.2. The van der Waals surface area contributed by atoms with Crippen molar-refractivity contribution < 1.29 is 14.7 Å². The van der Waals surface area contributed by atoms with Gasteiger partial charge in [-0.2, -0.15) is 0 Å². The van der Waals surface area contributed by atoms with Crippen LogP contribution in [-0.2, 0) is 9.59 Å². The molecule has 0 spiro atoms. The maximum absolute atomic E-state index is 11.6. The summed E-state index contributed by atoms with van der Waals surface area (Å²) in [5.41, 5.74) is 0.685. The normalized spacial score (nSPS) is 12.3. The maximum atomic E-state index is 11.6.